The van der Waals surface area contributed by atoms with Crippen LogP contribution in [-0.4, -0.2) is 91.0 Å². The van der Waals surface area contributed by atoms with Crippen molar-refractivity contribution in [1.29, 1.82) is 0 Å². The summed E-state index contributed by atoms with van der Waals surface area (Å²) in [4.78, 5) is 54.1. The van der Waals surface area contributed by atoms with Crippen LogP contribution in [0.2, 0.25) is 0 Å². The number of allylic oxidation sites excluding steroid dienone is 1. The number of carbonyl (C=O) groups excluding carboxylic acids is 3. The van der Waals surface area contributed by atoms with E-state index in [0.717, 1.165) is 30.8 Å². The van der Waals surface area contributed by atoms with Crippen molar-refractivity contribution in [3.8, 4) is 22.9 Å². The summed E-state index contributed by atoms with van der Waals surface area (Å²) in [5, 5.41) is 12.9. The van der Waals surface area contributed by atoms with Gasteiger partial charge in [-0.3, -0.25) is 14.4 Å². The molecule has 5 atom stereocenters. The second kappa shape index (κ2) is 19.0. The smallest absolute Gasteiger partial charge is 0.266 e. The Morgan fingerprint density at radius 2 is 1.87 bits per heavy atom. The molecule has 0 radical (unpaired) electrons. The number of aromatic nitrogens is 2. The minimum Gasteiger partial charge on any atom is -0.497 e. The van der Waals surface area contributed by atoms with E-state index in [1.54, 1.807) is 25.3 Å². The van der Waals surface area contributed by atoms with Crippen LogP contribution in [0.5, 0.6) is 11.5 Å². The molecule has 1 saturated carbocycles. The first-order valence-electron chi connectivity index (χ1n) is 21.5. The Labute approximate surface area is 367 Å². The highest BCUT2D eigenvalue weighted by molar-refractivity contribution is 7.90. The van der Waals surface area contributed by atoms with E-state index in [9.17, 15) is 22.8 Å². The molecule has 7 rings (SSSR count). The molecule has 2 aliphatic heterocycles. The Balaban J connectivity index is 1.19. The number of carbonyl (C=O) groups is 3. The van der Waals surface area contributed by atoms with Crippen molar-refractivity contribution in [3.05, 3.63) is 66.1 Å². The van der Waals surface area contributed by atoms with E-state index in [0.29, 0.717) is 52.4 Å². The number of amides is 3. The van der Waals surface area contributed by atoms with Gasteiger partial charge < -0.3 is 36.1 Å². The van der Waals surface area contributed by atoms with Gasteiger partial charge in [0.1, 0.15) is 39.8 Å². The van der Waals surface area contributed by atoms with Gasteiger partial charge in [-0.15, -0.1) is 11.3 Å². The maximum absolute atomic E-state index is 14.7. The number of anilines is 2. The number of nitrogens with two attached hydrogens (primary N) is 1. The number of likely N-dealkylation sites (tertiary alicyclic amines) is 1. The van der Waals surface area contributed by atoms with Crippen LogP contribution < -0.4 is 35.9 Å². The van der Waals surface area contributed by atoms with Gasteiger partial charge in [0.05, 0.1) is 30.6 Å². The van der Waals surface area contributed by atoms with Crippen LogP contribution in [0.1, 0.15) is 79.1 Å². The first kappa shape index (κ1) is 44.8. The molecule has 4 aromatic rings. The quantitative estimate of drug-likeness (QED) is 0.101. The molecule has 17 heteroatoms. The largest absolute Gasteiger partial charge is 0.497 e. The van der Waals surface area contributed by atoms with E-state index in [2.05, 4.69) is 20.7 Å². The third kappa shape index (κ3) is 10.3. The molecule has 4 heterocycles. The van der Waals surface area contributed by atoms with Gasteiger partial charge in [-0.1, -0.05) is 44.6 Å². The average Bonchev–Trinajstić information content (AvgIpc) is 3.48. The molecule has 6 N–H and O–H groups in total. The summed E-state index contributed by atoms with van der Waals surface area (Å²) in [7, 11) is -2.76. The lowest BCUT2D eigenvalue weighted by Crippen LogP contribution is -2.56. The molecule has 62 heavy (non-hydrogen) atoms. The molecule has 1 saturated heterocycles. The highest BCUT2D eigenvalue weighted by Crippen LogP contribution is 2.46. The lowest BCUT2D eigenvalue weighted by Gasteiger charge is -2.27. The molecule has 1 aliphatic carbocycles. The summed E-state index contributed by atoms with van der Waals surface area (Å²) in [6.07, 6.45) is 7.60. The van der Waals surface area contributed by atoms with E-state index in [4.69, 9.17) is 25.2 Å². The molecule has 3 aliphatic rings. The average molecular weight is 887 g/mol. The van der Waals surface area contributed by atoms with E-state index in [1.165, 1.54) is 22.3 Å². The van der Waals surface area contributed by atoms with Crippen molar-refractivity contribution in [1.82, 2.24) is 24.9 Å². The second-order valence-corrected chi connectivity index (χ2v) is 19.8. The Bertz CT molecular complexity index is 2420. The van der Waals surface area contributed by atoms with Crippen LogP contribution in [0.3, 0.4) is 0 Å². The van der Waals surface area contributed by atoms with Gasteiger partial charge >= 0.3 is 0 Å². The van der Waals surface area contributed by atoms with E-state index in [1.807, 2.05) is 69.5 Å². The molecule has 2 aromatic carbocycles. The summed E-state index contributed by atoms with van der Waals surface area (Å²) in [5.41, 5.74) is 7.12. The fourth-order valence-corrected chi connectivity index (χ4v) is 10.4. The Morgan fingerprint density at radius 3 is 2.65 bits per heavy atom. The van der Waals surface area contributed by atoms with E-state index >= 15 is 0 Å². The van der Waals surface area contributed by atoms with Crippen LogP contribution in [0, 0.1) is 11.8 Å². The van der Waals surface area contributed by atoms with Crippen molar-refractivity contribution >= 4 is 60.8 Å². The summed E-state index contributed by atoms with van der Waals surface area (Å²) in [6, 6.07) is 12.5. The van der Waals surface area contributed by atoms with Crippen molar-refractivity contribution in [3.63, 3.8) is 0 Å². The monoisotopic (exact) mass is 886 g/mol. The van der Waals surface area contributed by atoms with Crippen LogP contribution >= 0.6 is 11.3 Å². The van der Waals surface area contributed by atoms with Gasteiger partial charge in [-0.25, -0.2) is 23.1 Å². The fraction of sp³-hybridized carbons (Fsp3) is 0.489. The molecule has 15 nitrogen and oxygen atoms in total. The topological polar surface area (TPSA) is 207 Å². The van der Waals surface area contributed by atoms with Crippen LogP contribution in [0.4, 0.5) is 10.8 Å². The normalized spacial score (nSPS) is 23.0. The Kier molecular flexibility index (Phi) is 13.7. The van der Waals surface area contributed by atoms with Gasteiger partial charge in [0, 0.05) is 60.3 Å². The predicted molar refractivity (Wildman–Crippen MR) is 242 cm³/mol. The lowest BCUT2D eigenvalue weighted by molar-refractivity contribution is -0.140. The number of fused-ring (bicyclic) bond motifs is 3. The second-order valence-electron chi connectivity index (χ2n) is 17.3. The molecule has 1 unspecified atom stereocenters. The minimum absolute atomic E-state index is 0.00998. The molecule has 0 spiro atoms. The number of methoxy groups -OCH3 is 1. The van der Waals surface area contributed by atoms with Crippen molar-refractivity contribution in [2.45, 2.75) is 114 Å². The lowest BCUT2D eigenvalue weighted by atomic mass is 10.0. The first-order valence-corrected chi connectivity index (χ1v) is 23.8. The predicted octanol–water partition coefficient (Wildman–Crippen LogP) is 6.22. The van der Waals surface area contributed by atoms with Crippen LogP contribution in [0.15, 0.2) is 71.0 Å². The standard InChI is InChI=1S/C45H58N8O7S2/c1-27(2)19-30(46)20-41(54)53-25-32(60-39-23-36(37-26-61-44(50-37)48-28(3)4)49-35-21-31(59-5)16-17-33(35)39)22-38(53)42(55)51-45-24-29(45)13-9-7-6-8-12-18-47-34-14-10-11-15-40(34)62(57,58)52-43(45)56/h9-11,13-17,21,23,26-30,32,38,47H,6-8,12,18-20,22,24-25,46H2,1-5H3,(H,48,50)(H,51,55)(H,52,56)/t29?,30-,32+,38-,45+/m0/s1. The summed E-state index contributed by atoms with van der Waals surface area (Å²) in [6.45, 7) is 8.79. The first-order chi connectivity index (χ1) is 29.6. The number of rotatable bonds is 12. The molecular weight excluding hydrogens is 829 g/mol. The number of pyridine rings is 1. The van der Waals surface area contributed by atoms with Gasteiger partial charge in [-0.05, 0) is 76.1 Å². The SMILES string of the molecule is COc1ccc2c(O[C@@H]3C[C@@H](C(=O)N[C@]45CC4C=CCCCCCNc4ccccc4S(=O)(=O)NC5=O)N(C(=O)C[C@@H](N)CC(C)C)C3)cc(-c3csc(NC(C)C)n3)nc2c1. The number of hydrogen-bond donors (Lipinski definition) is 5. The molecule has 3 amide bonds. The number of ether oxygens (including phenoxy) is 2. The zero-order chi connectivity index (χ0) is 44.2. The highest BCUT2D eigenvalue weighted by Gasteiger charge is 2.61. The number of hydrogen-bond acceptors (Lipinski definition) is 13. The van der Waals surface area contributed by atoms with Gasteiger partial charge in [0.25, 0.3) is 15.9 Å². The zero-order valence-corrected chi connectivity index (χ0v) is 37.6. The van der Waals surface area contributed by atoms with Crippen LogP contribution in [0.25, 0.3) is 22.3 Å². The van der Waals surface area contributed by atoms with Gasteiger partial charge in [0.2, 0.25) is 11.8 Å². The minimum atomic E-state index is -4.35. The van der Waals surface area contributed by atoms with Crippen molar-refractivity contribution in [2.75, 3.05) is 30.8 Å². The zero-order valence-electron chi connectivity index (χ0n) is 36.0. The number of nitrogens with one attached hydrogen (secondary N) is 4. The molecule has 2 fully saturated rings. The van der Waals surface area contributed by atoms with E-state index in [-0.39, 0.29) is 48.6 Å². The summed E-state index contributed by atoms with van der Waals surface area (Å²) in [5.74, 6) is -0.844. The molecule has 332 valence electrons. The molecule has 2 aromatic heterocycles. The number of nitrogens with zero attached hydrogens (tertiary/aromatic N) is 3. The summed E-state index contributed by atoms with van der Waals surface area (Å²) >= 11 is 1.47. The third-order valence-corrected chi connectivity index (χ3v) is 13.6. The van der Waals surface area contributed by atoms with Crippen LogP contribution in [-0.2, 0) is 24.4 Å². The maximum atomic E-state index is 14.7. The number of benzene rings is 2. The Hall–Kier alpha value is -5.26. The van der Waals surface area contributed by atoms with Gasteiger partial charge in [0.15, 0.2) is 5.13 Å². The maximum Gasteiger partial charge on any atom is 0.266 e. The highest BCUT2D eigenvalue weighted by atomic mass is 32.2. The third-order valence-electron chi connectivity index (χ3n) is 11.4. The molecule has 0 bridgehead atoms. The van der Waals surface area contributed by atoms with E-state index < -0.39 is 51.5 Å². The molecular formula is C45H58N8O7S2. The number of thiazole rings is 1. The Morgan fingerprint density at radius 1 is 1.06 bits per heavy atom. The van der Waals surface area contributed by atoms with Crippen molar-refractivity contribution < 1.29 is 32.3 Å². The number of para-hydroxylation sites is 1. The van der Waals surface area contributed by atoms with Gasteiger partial charge in [-0.2, -0.15) is 0 Å². The fourth-order valence-electron chi connectivity index (χ4n) is 8.30. The number of sulfonamides is 1. The van der Waals surface area contributed by atoms with Crippen molar-refractivity contribution in [2.24, 2.45) is 17.6 Å². The summed E-state index contributed by atoms with van der Waals surface area (Å²) < 4.78 is 42.2.